The van der Waals surface area contributed by atoms with Gasteiger partial charge in [-0.3, -0.25) is 27.9 Å². The molecular formula is C30H38N10O4. The molecule has 0 N–H and O–H groups in total. The fraction of sp³-hybridized carbons (Fsp3) is 0.533. The molecule has 0 bridgehead atoms. The predicted molar refractivity (Wildman–Crippen MR) is 168 cm³/mol. The summed E-state index contributed by atoms with van der Waals surface area (Å²) in [5.41, 5.74) is 1.54. The summed E-state index contributed by atoms with van der Waals surface area (Å²) in [6, 6.07) is 1.61. The first-order valence-electron chi connectivity index (χ1n) is 15.3. The number of anilines is 1. The maximum atomic E-state index is 13.6. The zero-order valence-electron chi connectivity index (χ0n) is 26.1. The molecule has 5 aromatic heterocycles. The van der Waals surface area contributed by atoms with Crippen LogP contribution in [-0.4, -0.2) is 49.8 Å². The Kier molecular flexibility index (Phi) is 7.46. The standard InChI is InChI=1S/C30H38N10O4/c1-7-9-14-39(20-16-18-24(32-31-20)35(3)29(43)37(5)27(18)41)19-13-11-12-17-21-22-25(36(4)30(44)38(6)28(22)42)33-34-26(21)40(23(17)19)15-10-8-2/h16,19H,7-15H2,1-6H3. The van der Waals surface area contributed by atoms with E-state index in [0.717, 1.165) is 70.7 Å². The van der Waals surface area contributed by atoms with E-state index >= 15 is 0 Å². The lowest BCUT2D eigenvalue weighted by atomic mass is 9.90. The van der Waals surface area contributed by atoms with E-state index in [4.69, 9.17) is 0 Å². The zero-order chi connectivity index (χ0) is 31.4. The van der Waals surface area contributed by atoms with Crippen molar-refractivity contribution >= 4 is 38.9 Å². The minimum atomic E-state index is -0.457. The van der Waals surface area contributed by atoms with Gasteiger partial charge in [0, 0.05) is 52.4 Å². The zero-order valence-corrected chi connectivity index (χ0v) is 26.1. The molecule has 0 aliphatic heterocycles. The van der Waals surface area contributed by atoms with Gasteiger partial charge in [0.1, 0.15) is 0 Å². The maximum Gasteiger partial charge on any atom is 0.332 e. The van der Waals surface area contributed by atoms with E-state index in [9.17, 15) is 19.2 Å². The molecule has 1 unspecified atom stereocenters. The van der Waals surface area contributed by atoms with Gasteiger partial charge in [0.15, 0.2) is 22.8 Å². The van der Waals surface area contributed by atoms with Crippen molar-refractivity contribution in [3.05, 3.63) is 59.0 Å². The van der Waals surface area contributed by atoms with Gasteiger partial charge in [-0.05, 0) is 43.7 Å². The summed E-state index contributed by atoms with van der Waals surface area (Å²) in [5, 5.41) is 19.5. The van der Waals surface area contributed by atoms with Crippen molar-refractivity contribution in [1.29, 1.82) is 0 Å². The molecule has 5 heterocycles. The molecule has 0 fully saturated rings. The van der Waals surface area contributed by atoms with Crippen molar-refractivity contribution in [1.82, 2.24) is 43.2 Å². The summed E-state index contributed by atoms with van der Waals surface area (Å²) in [6.07, 6.45) is 6.15. The highest BCUT2D eigenvalue weighted by atomic mass is 16.2. The van der Waals surface area contributed by atoms with Crippen LogP contribution in [-0.2, 0) is 41.2 Å². The van der Waals surface area contributed by atoms with Gasteiger partial charge < -0.3 is 9.47 Å². The van der Waals surface area contributed by atoms with Crippen LogP contribution in [0.15, 0.2) is 25.2 Å². The summed E-state index contributed by atoms with van der Waals surface area (Å²) in [4.78, 5) is 54.3. The normalized spacial score (nSPS) is 15.0. The van der Waals surface area contributed by atoms with Gasteiger partial charge in [-0.15, -0.1) is 20.4 Å². The Morgan fingerprint density at radius 1 is 0.773 bits per heavy atom. The summed E-state index contributed by atoms with van der Waals surface area (Å²) in [5.74, 6) is 0.557. The predicted octanol–water partition coefficient (Wildman–Crippen LogP) is 1.81. The van der Waals surface area contributed by atoms with Crippen LogP contribution >= 0.6 is 0 Å². The highest BCUT2D eigenvalue weighted by Gasteiger charge is 2.35. The summed E-state index contributed by atoms with van der Waals surface area (Å²) in [6.45, 7) is 5.63. The first-order valence-corrected chi connectivity index (χ1v) is 15.3. The van der Waals surface area contributed by atoms with Gasteiger partial charge in [-0.25, -0.2) is 9.59 Å². The van der Waals surface area contributed by atoms with Gasteiger partial charge in [-0.1, -0.05) is 26.7 Å². The monoisotopic (exact) mass is 602 g/mol. The Morgan fingerprint density at radius 3 is 2.11 bits per heavy atom. The molecule has 0 radical (unpaired) electrons. The van der Waals surface area contributed by atoms with Crippen LogP contribution in [0.25, 0.3) is 33.1 Å². The first-order chi connectivity index (χ1) is 21.1. The molecular weight excluding hydrogens is 564 g/mol. The van der Waals surface area contributed by atoms with E-state index in [0.29, 0.717) is 35.3 Å². The number of hydrogen-bond acceptors (Lipinski definition) is 9. The van der Waals surface area contributed by atoms with Crippen LogP contribution in [0.1, 0.15) is 69.7 Å². The minimum Gasteiger partial charge on any atom is -0.347 e. The molecule has 6 rings (SSSR count). The van der Waals surface area contributed by atoms with Gasteiger partial charge in [-0.2, -0.15) is 0 Å². The van der Waals surface area contributed by atoms with E-state index in [1.54, 1.807) is 20.2 Å². The maximum absolute atomic E-state index is 13.6. The van der Waals surface area contributed by atoms with E-state index in [2.05, 4.69) is 43.7 Å². The smallest absolute Gasteiger partial charge is 0.332 e. The number of nitrogens with zero attached hydrogens (tertiary/aromatic N) is 10. The Bertz CT molecular complexity index is 2190. The van der Waals surface area contributed by atoms with Crippen molar-refractivity contribution < 1.29 is 0 Å². The van der Waals surface area contributed by atoms with Crippen molar-refractivity contribution in [3.8, 4) is 0 Å². The fourth-order valence-corrected chi connectivity index (χ4v) is 6.66. The van der Waals surface area contributed by atoms with Crippen LogP contribution in [0, 0.1) is 0 Å². The van der Waals surface area contributed by atoms with Crippen LogP contribution in [0.3, 0.4) is 0 Å². The Labute approximate surface area is 252 Å². The van der Waals surface area contributed by atoms with Crippen LogP contribution < -0.4 is 27.4 Å². The molecule has 1 atom stereocenters. The van der Waals surface area contributed by atoms with Crippen LogP contribution in [0.4, 0.5) is 5.82 Å². The number of aryl methyl sites for hydroxylation is 4. The quantitative estimate of drug-likeness (QED) is 0.259. The molecule has 14 heteroatoms. The molecule has 14 nitrogen and oxygen atoms in total. The van der Waals surface area contributed by atoms with Crippen molar-refractivity contribution in [3.63, 3.8) is 0 Å². The molecule has 232 valence electrons. The lowest BCUT2D eigenvalue weighted by Gasteiger charge is -2.36. The van der Waals surface area contributed by atoms with Crippen molar-refractivity contribution in [2.75, 3.05) is 11.4 Å². The molecule has 0 saturated carbocycles. The molecule has 1 aliphatic rings. The van der Waals surface area contributed by atoms with E-state index in [1.807, 2.05) is 0 Å². The topological polar surface area (TPSA) is 148 Å². The molecule has 44 heavy (non-hydrogen) atoms. The van der Waals surface area contributed by atoms with E-state index in [1.165, 1.54) is 23.2 Å². The second-order valence-electron chi connectivity index (χ2n) is 11.8. The third-order valence-electron chi connectivity index (χ3n) is 9.07. The van der Waals surface area contributed by atoms with E-state index < -0.39 is 16.9 Å². The Balaban J connectivity index is 1.65. The van der Waals surface area contributed by atoms with Crippen molar-refractivity contribution in [2.45, 2.75) is 71.4 Å². The van der Waals surface area contributed by atoms with Gasteiger partial charge >= 0.3 is 11.4 Å². The van der Waals surface area contributed by atoms with Crippen LogP contribution in [0.5, 0.6) is 0 Å². The SMILES string of the molecule is CCCCN(c1cc2c(=O)n(C)c(=O)n(C)c2nn1)C1CCCc2c1n(CCCC)c1nnc3c(c(=O)n(C)c(=O)n3C)c21. The molecule has 5 aromatic rings. The molecule has 0 amide bonds. The van der Waals surface area contributed by atoms with Gasteiger partial charge in [0.2, 0.25) is 0 Å². The second-order valence-corrected chi connectivity index (χ2v) is 11.8. The third kappa shape index (κ3) is 4.29. The average Bonchev–Trinajstić information content (AvgIpc) is 3.37. The van der Waals surface area contributed by atoms with E-state index in [-0.39, 0.29) is 22.9 Å². The molecule has 1 aliphatic carbocycles. The second kappa shape index (κ2) is 11.1. The first kappa shape index (κ1) is 29.5. The number of unbranched alkanes of at least 4 members (excludes halogenated alkanes) is 2. The fourth-order valence-electron chi connectivity index (χ4n) is 6.66. The number of aromatic nitrogens is 9. The Morgan fingerprint density at radius 2 is 1.41 bits per heavy atom. The third-order valence-corrected chi connectivity index (χ3v) is 9.07. The lowest BCUT2D eigenvalue weighted by molar-refractivity contribution is 0.470. The summed E-state index contributed by atoms with van der Waals surface area (Å²) in [7, 11) is 6.14. The van der Waals surface area contributed by atoms with Crippen LogP contribution in [0.2, 0.25) is 0 Å². The largest absolute Gasteiger partial charge is 0.347 e. The number of fused-ring (bicyclic) bond motifs is 6. The molecule has 0 spiro atoms. The van der Waals surface area contributed by atoms with Crippen molar-refractivity contribution in [2.24, 2.45) is 28.2 Å². The average molecular weight is 603 g/mol. The van der Waals surface area contributed by atoms with Gasteiger partial charge in [0.05, 0.1) is 16.8 Å². The number of rotatable bonds is 8. The highest BCUT2D eigenvalue weighted by Crippen LogP contribution is 2.42. The summed E-state index contributed by atoms with van der Waals surface area (Å²) >= 11 is 0. The highest BCUT2D eigenvalue weighted by molar-refractivity contribution is 6.04. The summed E-state index contributed by atoms with van der Waals surface area (Å²) < 4.78 is 7.13. The molecule has 0 aromatic carbocycles. The lowest BCUT2D eigenvalue weighted by Crippen LogP contribution is -2.38. The number of hydrogen-bond donors (Lipinski definition) is 0. The molecule has 0 saturated heterocycles. The minimum absolute atomic E-state index is 0.133. The Hall–Kier alpha value is -4.62. The van der Waals surface area contributed by atoms with Gasteiger partial charge in [0.25, 0.3) is 11.1 Å².